The fourth-order valence-electron chi connectivity index (χ4n) is 1.21. The number of aromatic nitrogens is 1. The van der Waals surface area contributed by atoms with Gasteiger partial charge in [0.2, 0.25) is 0 Å². The molecule has 0 aliphatic rings. The van der Waals surface area contributed by atoms with Crippen molar-refractivity contribution in [2.75, 3.05) is 5.75 Å². The number of H-pyrrole nitrogens is 1. The van der Waals surface area contributed by atoms with Gasteiger partial charge >= 0.3 is 0 Å². The van der Waals surface area contributed by atoms with Gasteiger partial charge in [0.1, 0.15) is 0 Å². The summed E-state index contributed by atoms with van der Waals surface area (Å²) in [6, 6.07) is 5.11. The van der Waals surface area contributed by atoms with Crippen molar-refractivity contribution in [3.8, 4) is 0 Å². The van der Waals surface area contributed by atoms with E-state index >= 15 is 0 Å². The largest absolute Gasteiger partial charge is 0.353 e. The fourth-order valence-corrected chi connectivity index (χ4v) is 2.88. The van der Waals surface area contributed by atoms with Gasteiger partial charge in [-0.3, -0.25) is 14.9 Å². The van der Waals surface area contributed by atoms with Gasteiger partial charge in [-0.2, -0.15) is 0 Å². The molecule has 0 saturated carbocycles. The van der Waals surface area contributed by atoms with Crippen LogP contribution in [0.1, 0.15) is 10.5 Å². The minimum absolute atomic E-state index is 0.0885. The highest BCUT2D eigenvalue weighted by Gasteiger charge is 2.14. The van der Waals surface area contributed by atoms with E-state index in [2.05, 4.69) is 4.98 Å². The summed E-state index contributed by atoms with van der Waals surface area (Å²) in [6.45, 7) is 0. The molecule has 0 atom stereocenters. The lowest BCUT2D eigenvalue weighted by molar-refractivity contribution is -0.384. The fraction of sp³-hybridized carbons (Fsp3) is 0.100. The maximum Gasteiger partial charge on any atom is 0.287 e. The van der Waals surface area contributed by atoms with Crippen LogP contribution in [0.5, 0.6) is 0 Å². The average Bonchev–Trinajstić information content (AvgIpc) is 2.96. The molecule has 17 heavy (non-hydrogen) atoms. The van der Waals surface area contributed by atoms with Crippen LogP contribution < -0.4 is 0 Å². The molecule has 5 nitrogen and oxygen atoms in total. The highest BCUT2D eigenvalue weighted by Crippen LogP contribution is 2.24. The molecule has 0 amide bonds. The summed E-state index contributed by atoms with van der Waals surface area (Å²) in [5.41, 5.74) is 0.190. The summed E-state index contributed by atoms with van der Waals surface area (Å²) in [4.78, 5) is 24.2. The summed E-state index contributed by atoms with van der Waals surface area (Å²) in [5.74, 6) is 0.134. The normalized spacial score (nSPS) is 10.4. The summed E-state index contributed by atoms with van der Waals surface area (Å²) in [7, 11) is 0. The smallest absolute Gasteiger partial charge is 0.287 e. The first-order valence-electron chi connectivity index (χ1n) is 4.69. The van der Waals surface area contributed by atoms with Crippen molar-refractivity contribution in [3.63, 3.8) is 0 Å². The molecule has 0 radical (unpaired) electrons. The second kappa shape index (κ2) is 5.15. The lowest BCUT2D eigenvalue weighted by atomic mass is 10.3. The second-order valence-electron chi connectivity index (χ2n) is 3.17. The van der Waals surface area contributed by atoms with Crippen molar-refractivity contribution in [2.45, 2.75) is 4.21 Å². The third kappa shape index (κ3) is 2.95. The van der Waals surface area contributed by atoms with Gasteiger partial charge < -0.3 is 4.98 Å². The van der Waals surface area contributed by atoms with Crippen molar-refractivity contribution in [1.29, 1.82) is 0 Å². The first-order chi connectivity index (χ1) is 8.16. The molecule has 0 unspecified atom stereocenters. The van der Waals surface area contributed by atoms with Gasteiger partial charge in [0.15, 0.2) is 5.78 Å². The van der Waals surface area contributed by atoms with E-state index in [0.717, 1.165) is 4.21 Å². The number of thiophene rings is 1. The number of nitrogens with zero attached hydrogens (tertiary/aromatic N) is 1. The molecular formula is C10H8N2O3S2. The van der Waals surface area contributed by atoms with Crippen LogP contribution in [0, 0.1) is 10.1 Å². The highest BCUT2D eigenvalue weighted by molar-refractivity contribution is 8.01. The first kappa shape index (κ1) is 11.9. The van der Waals surface area contributed by atoms with E-state index in [1.165, 1.54) is 24.0 Å². The number of nitro groups is 1. The molecule has 1 N–H and O–H groups in total. The van der Waals surface area contributed by atoms with Crippen LogP contribution in [0.3, 0.4) is 0 Å². The molecule has 2 aromatic heterocycles. The van der Waals surface area contributed by atoms with Crippen LogP contribution in [-0.2, 0) is 0 Å². The number of Topliss-reactive ketones (excluding diaryl/α,β-unsaturated/α-hetero) is 1. The van der Waals surface area contributed by atoms with Crippen molar-refractivity contribution in [3.05, 3.63) is 45.6 Å². The van der Waals surface area contributed by atoms with Crippen molar-refractivity contribution >= 4 is 34.6 Å². The van der Waals surface area contributed by atoms with E-state index in [9.17, 15) is 14.9 Å². The molecule has 0 aliphatic heterocycles. The molecule has 2 heterocycles. The Morgan fingerprint density at radius 3 is 3.00 bits per heavy atom. The minimum Gasteiger partial charge on any atom is -0.353 e. The van der Waals surface area contributed by atoms with E-state index in [1.54, 1.807) is 11.3 Å². The van der Waals surface area contributed by atoms with Crippen LogP contribution >= 0.6 is 23.1 Å². The van der Waals surface area contributed by atoms with Gasteiger partial charge in [-0.1, -0.05) is 6.07 Å². The van der Waals surface area contributed by atoms with Gasteiger partial charge in [0, 0.05) is 6.07 Å². The molecule has 0 aliphatic carbocycles. The maximum atomic E-state index is 11.7. The Morgan fingerprint density at radius 1 is 1.59 bits per heavy atom. The zero-order chi connectivity index (χ0) is 12.3. The molecule has 0 saturated heterocycles. The van der Waals surface area contributed by atoms with Crippen LogP contribution in [0.4, 0.5) is 5.69 Å². The lowest BCUT2D eigenvalue weighted by Crippen LogP contribution is -2.01. The predicted octanol–water partition coefficient (Wildman–Crippen LogP) is 2.96. The van der Waals surface area contributed by atoms with Gasteiger partial charge in [-0.25, -0.2) is 0 Å². The Kier molecular flexibility index (Phi) is 3.60. The summed E-state index contributed by atoms with van der Waals surface area (Å²) in [5, 5.41) is 12.4. The average molecular weight is 268 g/mol. The number of carbonyl (C=O) groups excluding carboxylic acids is 1. The van der Waals surface area contributed by atoms with Crippen molar-refractivity contribution in [1.82, 2.24) is 4.98 Å². The third-order valence-electron chi connectivity index (χ3n) is 2.02. The number of thioether (sulfide) groups is 1. The van der Waals surface area contributed by atoms with Crippen molar-refractivity contribution in [2.24, 2.45) is 0 Å². The lowest BCUT2D eigenvalue weighted by Gasteiger charge is -1.95. The number of nitrogens with one attached hydrogen (secondary N) is 1. The van der Waals surface area contributed by atoms with Gasteiger partial charge in [0.25, 0.3) is 5.69 Å². The molecule has 0 aromatic carbocycles. The van der Waals surface area contributed by atoms with Crippen LogP contribution in [0.2, 0.25) is 0 Å². The van der Waals surface area contributed by atoms with E-state index in [0.29, 0.717) is 0 Å². The molecular weight excluding hydrogens is 260 g/mol. The SMILES string of the molecule is O=C(CSc1cccs1)c1cc([N+](=O)[O-])c[nH]1. The van der Waals surface area contributed by atoms with Gasteiger partial charge in [0.05, 0.1) is 26.8 Å². The van der Waals surface area contributed by atoms with E-state index in [4.69, 9.17) is 0 Å². The Labute approximate surface area is 105 Å². The zero-order valence-electron chi connectivity index (χ0n) is 8.58. The van der Waals surface area contributed by atoms with E-state index in [-0.39, 0.29) is 22.9 Å². The highest BCUT2D eigenvalue weighted by atomic mass is 32.2. The number of ketones is 1. The maximum absolute atomic E-state index is 11.7. The molecule has 2 aromatic rings. The summed E-state index contributed by atoms with van der Waals surface area (Å²) < 4.78 is 1.06. The number of rotatable bonds is 5. The Hall–Kier alpha value is -1.60. The minimum atomic E-state index is -0.528. The number of hydrogen-bond acceptors (Lipinski definition) is 5. The van der Waals surface area contributed by atoms with Gasteiger partial charge in [-0.15, -0.1) is 23.1 Å². The standard InChI is InChI=1S/C10H8N2O3S2/c13-9(6-17-10-2-1-3-16-10)8-4-7(5-11-8)12(14)15/h1-5,11H,6H2. The Morgan fingerprint density at radius 2 is 2.41 bits per heavy atom. The summed E-state index contributed by atoms with van der Waals surface area (Å²) >= 11 is 2.99. The van der Waals surface area contributed by atoms with Crippen LogP contribution in [0.15, 0.2) is 34.0 Å². The number of aromatic amines is 1. The molecule has 0 bridgehead atoms. The molecule has 88 valence electrons. The van der Waals surface area contributed by atoms with Gasteiger partial charge in [-0.05, 0) is 11.4 Å². The van der Waals surface area contributed by atoms with Crippen LogP contribution in [0.25, 0.3) is 0 Å². The molecule has 2 rings (SSSR count). The first-order valence-corrected chi connectivity index (χ1v) is 6.55. The van der Waals surface area contributed by atoms with E-state index < -0.39 is 4.92 Å². The molecule has 0 fully saturated rings. The van der Waals surface area contributed by atoms with Crippen molar-refractivity contribution < 1.29 is 9.72 Å². The Bertz CT molecular complexity index is 534. The Balaban J connectivity index is 1.97. The zero-order valence-corrected chi connectivity index (χ0v) is 10.2. The number of carbonyl (C=O) groups is 1. The summed E-state index contributed by atoms with van der Waals surface area (Å²) in [6.07, 6.45) is 1.23. The second-order valence-corrected chi connectivity index (χ2v) is 5.40. The number of hydrogen-bond donors (Lipinski definition) is 1. The predicted molar refractivity (Wildman–Crippen MR) is 66.8 cm³/mol. The van der Waals surface area contributed by atoms with Crippen LogP contribution in [-0.4, -0.2) is 21.4 Å². The third-order valence-corrected chi connectivity index (χ3v) is 4.15. The molecule has 0 spiro atoms. The topological polar surface area (TPSA) is 76.0 Å². The van der Waals surface area contributed by atoms with E-state index in [1.807, 2.05) is 17.5 Å². The quantitative estimate of drug-likeness (QED) is 0.391. The molecule has 7 heteroatoms. The monoisotopic (exact) mass is 268 g/mol.